The molecular formula is C13H22N4. The zero-order valence-electron chi connectivity index (χ0n) is 11.0. The van der Waals surface area contributed by atoms with E-state index in [1.54, 1.807) is 6.33 Å². The molecule has 0 bridgehead atoms. The Hall–Kier alpha value is -1.16. The molecule has 2 heterocycles. The van der Waals surface area contributed by atoms with E-state index in [1.807, 2.05) is 0 Å². The lowest BCUT2D eigenvalue weighted by molar-refractivity contribution is 0.501. The smallest absolute Gasteiger partial charge is 0.132 e. The van der Waals surface area contributed by atoms with E-state index < -0.39 is 0 Å². The van der Waals surface area contributed by atoms with Crippen LogP contribution in [0.3, 0.4) is 0 Å². The zero-order valence-corrected chi connectivity index (χ0v) is 11.0. The summed E-state index contributed by atoms with van der Waals surface area (Å²) in [4.78, 5) is 11.0. The number of nitrogens with zero attached hydrogens (tertiary/aromatic N) is 3. The summed E-state index contributed by atoms with van der Waals surface area (Å²) in [5.41, 5.74) is 7.15. The first-order chi connectivity index (χ1) is 7.97. The molecular weight excluding hydrogens is 212 g/mol. The van der Waals surface area contributed by atoms with E-state index in [2.05, 4.69) is 41.7 Å². The second-order valence-electron chi connectivity index (χ2n) is 5.86. The lowest BCUT2D eigenvalue weighted by atomic mass is 9.92. The molecule has 4 nitrogen and oxygen atoms in total. The van der Waals surface area contributed by atoms with Gasteiger partial charge in [-0.05, 0) is 12.8 Å². The molecule has 0 radical (unpaired) electrons. The molecule has 0 saturated carbocycles. The second kappa shape index (κ2) is 4.61. The molecule has 1 atom stereocenters. The van der Waals surface area contributed by atoms with Gasteiger partial charge >= 0.3 is 0 Å². The quantitative estimate of drug-likeness (QED) is 0.803. The number of anilines is 1. The van der Waals surface area contributed by atoms with E-state index in [0.717, 1.165) is 37.4 Å². The Morgan fingerprint density at radius 2 is 2.12 bits per heavy atom. The van der Waals surface area contributed by atoms with Gasteiger partial charge in [-0.2, -0.15) is 0 Å². The van der Waals surface area contributed by atoms with Crippen LogP contribution >= 0.6 is 0 Å². The van der Waals surface area contributed by atoms with Crippen molar-refractivity contribution >= 4 is 5.82 Å². The Kier molecular flexibility index (Phi) is 3.33. The molecule has 2 rings (SSSR count). The van der Waals surface area contributed by atoms with Crippen LogP contribution in [0, 0.1) is 0 Å². The molecule has 2 N–H and O–H groups in total. The summed E-state index contributed by atoms with van der Waals surface area (Å²) in [6.07, 6.45) is 3.93. The minimum atomic E-state index is 0.0651. The summed E-state index contributed by atoms with van der Waals surface area (Å²) < 4.78 is 0. The fourth-order valence-electron chi connectivity index (χ4n) is 2.15. The average molecular weight is 234 g/mol. The summed E-state index contributed by atoms with van der Waals surface area (Å²) in [6.45, 7) is 8.46. The predicted octanol–water partition coefficient (Wildman–Crippen LogP) is 1.70. The van der Waals surface area contributed by atoms with Gasteiger partial charge in [0, 0.05) is 30.6 Å². The van der Waals surface area contributed by atoms with Gasteiger partial charge in [0.1, 0.15) is 12.1 Å². The third-order valence-corrected chi connectivity index (χ3v) is 3.20. The maximum atomic E-state index is 6.00. The van der Waals surface area contributed by atoms with Gasteiger partial charge in [0.25, 0.3) is 0 Å². The van der Waals surface area contributed by atoms with Gasteiger partial charge in [-0.3, -0.25) is 0 Å². The second-order valence-corrected chi connectivity index (χ2v) is 5.86. The molecule has 1 aliphatic heterocycles. The molecule has 1 saturated heterocycles. The Morgan fingerprint density at radius 1 is 1.35 bits per heavy atom. The van der Waals surface area contributed by atoms with Gasteiger partial charge in [0.2, 0.25) is 0 Å². The van der Waals surface area contributed by atoms with E-state index in [-0.39, 0.29) is 11.5 Å². The summed E-state index contributed by atoms with van der Waals surface area (Å²) in [5, 5.41) is 0. The predicted molar refractivity (Wildman–Crippen MR) is 70.2 cm³/mol. The van der Waals surface area contributed by atoms with Gasteiger partial charge < -0.3 is 10.6 Å². The van der Waals surface area contributed by atoms with Crippen LogP contribution in [0.15, 0.2) is 12.4 Å². The number of aromatic nitrogens is 2. The molecule has 94 valence electrons. The Balaban J connectivity index is 2.21. The summed E-state index contributed by atoms with van der Waals surface area (Å²) in [6, 6.07) is 2.37. The van der Waals surface area contributed by atoms with Gasteiger partial charge in [0.05, 0.1) is 5.69 Å². The lowest BCUT2D eigenvalue weighted by Gasteiger charge is -2.32. The van der Waals surface area contributed by atoms with E-state index in [1.165, 1.54) is 0 Å². The standard InChI is InChI=1S/C13H22N4/c1-13(2,3)11-7-12(16-9-15-11)17-6-4-5-10(14)8-17/h7,9-10H,4-6,8,14H2,1-3H3. The first-order valence-corrected chi connectivity index (χ1v) is 6.30. The molecule has 0 spiro atoms. The van der Waals surface area contributed by atoms with Crippen molar-refractivity contribution in [3.63, 3.8) is 0 Å². The minimum Gasteiger partial charge on any atom is -0.355 e. The van der Waals surface area contributed by atoms with Crippen LogP contribution < -0.4 is 10.6 Å². The van der Waals surface area contributed by atoms with Crippen LogP contribution in [0.2, 0.25) is 0 Å². The number of piperidine rings is 1. The molecule has 17 heavy (non-hydrogen) atoms. The van der Waals surface area contributed by atoms with Crippen molar-refractivity contribution in [3.05, 3.63) is 18.1 Å². The lowest BCUT2D eigenvalue weighted by Crippen LogP contribution is -2.43. The van der Waals surface area contributed by atoms with E-state index in [9.17, 15) is 0 Å². The fraction of sp³-hybridized carbons (Fsp3) is 0.692. The van der Waals surface area contributed by atoms with Crippen LogP contribution in [0.4, 0.5) is 5.82 Å². The van der Waals surface area contributed by atoms with E-state index in [0.29, 0.717) is 0 Å². The maximum Gasteiger partial charge on any atom is 0.132 e. The van der Waals surface area contributed by atoms with Gasteiger partial charge in [-0.1, -0.05) is 20.8 Å². The largest absolute Gasteiger partial charge is 0.355 e. The molecule has 0 aromatic carbocycles. The topological polar surface area (TPSA) is 55.0 Å². The first kappa shape index (κ1) is 12.3. The van der Waals surface area contributed by atoms with Gasteiger partial charge in [-0.15, -0.1) is 0 Å². The maximum absolute atomic E-state index is 6.00. The molecule has 0 amide bonds. The monoisotopic (exact) mass is 234 g/mol. The molecule has 1 aromatic rings. The molecule has 1 unspecified atom stereocenters. The SMILES string of the molecule is CC(C)(C)c1cc(N2CCCC(N)C2)ncn1. The van der Waals surface area contributed by atoms with Crippen LogP contribution in [0.1, 0.15) is 39.3 Å². The number of hydrogen-bond acceptors (Lipinski definition) is 4. The Morgan fingerprint density at radius 3 is 2.76 bits per heavy atom. The van der Waals surface area contributed by atoms with Crippen LogP contribution in [0.5, 0.6) is 0 Å². The minimum absolute atomic E-state index is 0.0651. The molecule has 0 aliphatic carbocycles. The van der Waals surface area contributed by atoms with Gasteiger partial charge in [0.15, 0.2) is 0 Å². The van der Waals surface area contributed by atoms with Crippen molar-refractivity contribution in [3.8, 4) is 0 Å². The molecule has 1 fully saturated rings. The molecule has 1 aliphatic rings. The highest BCUT2D eigenvalue weighted by Crippen LogP contribution is 2.24. The number of rotatable bonds is 1. The summed E-state index contributed by atoms with van der Waals surface area (Å²) >= 11 is 0. The van der Waals surface area contributed by atoms with Crippen LogP contribution in [0.25, 0.3) is 0 Å². The highest BCUT2D eigenvalue weighted by atomic mass is 15.2. The summed E-state index contributed by atoms with van der Waals surface area (Å²) in [7, 11) is 0. The van der Waals surface area contributed by atoms with Gasteiger partial charge in [-0.25, -0.2) is 9.97 Å². The Bertz CT molecular complexity index is 383. The van der Waals surface area contributed by atoms with Crippen molar-refractivity contribution in [2.45, 2.75) is 45.1 Å². The number of hydrogen-bond donors (Lipinski definition) is 1. The zero-order chi connectivity index (χ0) is 12.5. The molecule has 1 aromatic heterocycles. The van der Waals surface area contributed by atoms with Crippen LogP contribution in [-0.4, -0.2) is 29.1 Å². The fourth-order valence-corrected chi connectivity index (χ4v) is 2.15. The van der Waals surface area contributed by atoms with Crippen molar-refractivity contribution in [1.82, 2.24) is 9.97 Å². The highest BCUT2D eigenvalue weighted by Gasteiger charge is 2.21. The normalized spacial score (nSPS) is 21.6. The van der Waals surface area contributed by atoms with Crippen molar-refractivity contribution < 1.29 is 0 Å². The summed E-state index contributed by atoms with van der Waals surface area (Å²) in [5.74, 6) is 1.01. The highest BCUT2D eigenvalue weighted by molar-refractivity contribution is 5.41. The Labute approximate surface area is 103 Å². The van der Waals surface area contributed by atoms with E-state index in [4.69, 9.17) is 5.73 Å². The van der Waals surface area contributed by atoms with E-state index >= 15 is 0 Å². The first-order valence-electron chi connectivity index (χ1n) is 6.30. The van der Waals surface area contributed by atoms with Crippen LogP contribution in [-0.2, 0) is 5.41 Å². The van der Waals surface area contributed by atoms with Crippen molar-refractivity contribution in [2.24, 2.45) is 5.73 Å². The third-order valence-electron chi connectivity index (χ3n) is 3.20. The molecule has 4 heteroatoms. The van der Waals surface area contributed by atoms with Crippen molar-refractivity contribution in [1.29, 1.82) is 0 Å². The van der Waals surface area contributed by atoms with Crippen molar-refractivity contribution in [2.75, 3.05) is 18.0 Å². The average Bonchev–Trinajstić information content (AvgIpc) is 2.28. The third kappa shape index (κ3) is 2.94. The number of nitrogens with two attached hydrogens (primary N) is 1.